The Morgan fingerprint density at radius 1 is 1.18 bits per heavy atom. The van der Waals surface area contributed by atoms with Crippen LogP contribution >= 0.6 is 0 Å². The van der Waals surface area contributed by atoms with Crippen LogP contribution in [0.5, 0.6) is 0 Å². The van der Waals surface area contributed by atoms with E-state index in [0.717, 1.165) is 16.6 Å². The average molecular weight is 298 g/mol. The third kappa shape index (κ3) is 2.95. The van der Waals surface area contributed by atoms with E-state index < -0.39 is 0 Å². The first kappa shape index (κ1) is 14.2. The summed E-state index contributed by atoms with van der Waals surface area (Å²) in [6.07, 6.45) is 1.86. The molecule has 1 aromatic carbocycles. The SMILES string of the molecule is CC(C)(C)c1cc(NC(=O)Nc2ccc3cc[nH]c3c2)on1. The Hall–Kier alpha value is -2.76. The molecule has 22 heavy (non-hydrogen) atoms. The van der Waals surface area contributed by atoms with E-state index in [0.29, 0.717) is 11.6 Å². The van der Waals surface area contributed by atoms with Gasteiger partial charge >= 0.3 is 6.03 Å². The molecule has 114 valence electrons. The van der Waals surface area contributed by atoms with Crippen molar-refractivity contribution in [3.63, 3.8) is 0 Å². The van der Waals surface area contributed by atoms with Gasteiger partial charge in [-0.3, -0.25) is 5.32 Å². The van der Waals surface area contributed by atoms with E-state index in [1.165, 1.54) is 0 Å². The molecule has 0 radical (unpaired) electrons. The van der Waals surface area contributed by atoms with E-state index in [2.05, 4.69) is 20.8 Å². The summed E-state index contributed by atoms with van der Waals surface area (Å²) in [5, 5.41) is 10.5. The van der Waals surface area contributed by atoms with Crippen molar-refractivity contribution in [1.29, 1.82) is 0 Å². The molecule has 3 N–H and O–H groups in total. The molecular weight excluding hydrogens is 280 g/mol. The van der Waals surface area contributed by atoms with Gasteiger partial charge < -0.3 is 14.8 Å². The number of aromatic amines is 1. The lowest BCUT2D eigenvalue weighted by Gasteiger charge is -2.12. The second-order valence-electron chi connectivity index (χ2n) is 6.19. The van der Waals surface area contributed by atoms with Gasteiger partial charge in [-0.15, -0.1) is 0 Å². The zero-order valence-electron chi connectivity index (χ0n) is 12.7. The fraction of sp³-hybridized carbons (Fsp3) is 0.250. The number of H-pyrrole nitrogens is 1. The minimum atomic E-state index is -0.373. The van der Waals surface area contributed by atoms with E-state index >= 15 is 0 Å². The molecule has 0 saturated heterocycles. The summed E-state index contributed by atoms with van der Waals surface area (Å²) in [5.41, 5.74) is 2.32. The van der Waals surface area contributed by atoms with E-state index in [9.17, 15) is 4.79 Å². The number of aromatic nitrogens is 2. The largest absolute Gasteiger partial charge is 0.361 e. The minimum Gasteiger partial charge on any atom is -0.361 e. The fourth-order valence-corrected chi connectivity index (χ4v) is 2.09. The summed E-state index contributed by atoms with van der Waals surface area (Å²) in [6.45, 7) is 6.08. The van der Waals surface area contributed by atoms with Crippen LogP contribution in [-0.4, -0.2) is 16.2 Å². The molecule has 0 bridgehead atoms. The highest BCUT2D eigenvalue weighted by atomic mass is 16.5. The van der Waals surface area contributed by atoms with Gasteiger partial charge in [-0.1, -0.05) is 32.0 Å². The van der Waals surface area contributed by atoms with Crippen molar-refractivity contribution in [2.75, 3.05) is 10.6 Å². The van der Waals surface area contributed by atoms with Crippen LogP contribution in [0.25, 0.3) is 10.9 Å². The molecule has 6 nitrogen and oxygen atoms in total. The Bertz CT molecular complexity index is 811. The maximum atomic E-state index is 12.0. The molecular formula is C16H18N4O2. The lowest BCUT2D eigenvalue weighted by molar-refractivity contribution is 0.261. The molecule has 0 aliphatic rings. The van der Waals surface area contributed by atoms with Crippen molar-refractivity contribution in [1.82, 2.24) is 10.1 Å². The molecule has 0 unspecified atom stereocenters. The number of rotatable bonds is 2. The molecule has 2 heterocycles. The molecule has 6 heteroatoms. The van der Waals surface area contributed by atoms with Gasteiger partial charge in [0, 0.05) is 28.9 Å². The van der Waals surface area contributed by atoms with Gasteiger partial charge in [0.1, 0.15) is 0 Å². The Labute approximate surface area is 127 Å². The van der Waals surface area contributed by atoms with Gasteiger partial charge in [0.15, 0.2) is 0 Å². The molecule has 0 fully saturated rings. The van der Waals surface area contributed by atoms with Crippen LogP contribution in [0.3, 0.4) is 0 Å². The number of carbonyl (C=O) groups excluding carboxylic acids is 1. The topological polar surface area (TPSA) is 83.0 Å². The number of anilines is 2. The second-order valence-corrected chi connectivity index (χ2v) is 6.19. The quantitative estimate of drug-likeness (QED) is 0.666. The predicted octanol–water partition coefficient (Wildman–Crippen LogP) is 4.10. The molecule has 2 aromatic heterocycles. The standard InChI is InChI=1S/C16H18N4O2/c1-16(2,3)13-9-14(22-20-13)19-15(21)18-11-5-4-10-6-7-17-12(10)8-11/h4-9,17H,1-3H3,(H2,18,19,21). The highest BCUT2D eigenvalue weighted by Gasteiger charge is 2.19. The van der Waals surface area contributed by atoms with Crippen molar-refractivity contribution in [2.45, 2.75) is 26.2 Å². The Morgan fingerprint density at radius 2 is 2.00 bits per heavy atom. The van der Waals surface area contributed by atoms with Gasteiger partial charge in [-0.25, -0.2) is 4.79 Å². The van der Waals surface area contributed by atoms with Crippen LogP contribution in [-0.2, 0) is 5.41 Å². The third-order valence-electron chi connectivity index (χ3n) is 3.33. The lowest BCUT2D eigenvalue weighted by atomic mass is 9.92. The third-order valence-corrected chi connectivity index (χ3v) is 3.33. The van der Waals surface area contributed by atoms with Crippen molar-refractivity contribution in [3.8, 4) is 0 Å². The summed E-state index contributed by atoms with van der Waals surface area (Å²) in [6, 6.07) is 8.98. The van der Waals surface area contributed by atoms with Gasteiger partial charge in [-0.05, 0) is 23.6 Å². The first-order valence-electron chi connectivity index (χ1n) is 7.04. The minimum absolute atomic E-state index is 0.126. The fourth-order valence-electron chi connectivity index (χ4n) is 2.09. The number of amides is 2. The Balaban J connectivity index is 1.68. The Morgan fingerprint density at radius 3 is 2.73 bits per heavy atom. The zero-order chi connectivity index (χ0) is 15.7. The lowest BCUT2D eigenvalue weighted by Crippen LogP contribution is -2.19. The van der Waals surface area contributed by atoms with Crippen LogP contribution in [0.15, 0.2) is 41.1 Å². The van der Waals surface area contributed by atoms with E-state index in [4.69, 9.17) is 4.52 Å². The second kappa shape index (κ2) is 5.22. The van der Waals surface area contributed by atoms with E-state index in [1.807, 2.05) is 51.2 Å². The van der Waals surface area contributed by atoms with Gasteiger partial charge in [-0.2, -0.15) is 0 Å². The maximum absolute atomic E-state index is 12.0. The monoisotopic (exact) mass is 298 g/mol. The van der Waals surface area contributed by atoms with Crippen molar-refractivity contribution in [3.05, 3.63) is 42.2 Å². The average Bonchev–Trinajstić information content (AvgIpc) is 3.05. The molecule has 0 aliphatic carbocycles. The van der Waals surface area contributed by atoms with Crippen molar-refractivity contribution >= 4 is 28.5 Å². The van der Waals surface area contributed by atoms with E-state index in [1.54, 1.807) is 6.07 Å². The Kier molecular flexibility index (Phi) is 3.36. The van der Waals surface area contributed by atoms with Crippen molar-refractivity contribution in [2.24, 2.45) is 0 Å². The zero-order valence-corrected chi connectivity index (χ0v) is 12.7. The molecule has 0 atom stereocenters. The summed E-state index contributed by atoms with van der Waals surface area (Å²) < 4.78 is 5.13. The van der Waals surface area contributed by atoms with E-state index in [-0.39, 0.29) is 11.4 Å². The highest BCUT2D eigenvalue weighted by molar-refractivity contribution is 6.00. The van der Waals surface area contributed by atoms with Gasteiger partial charge in [0.25, 0.3) is 0 Å². The van der Waals surface area contributed by atoms with Crippen LogP contribution in [0.4, 0.5) is 16.4 Å². The summed E-state index contributed by atoms with van der Waals surface area (Å²) >= 11 is 0. The summed E-state index contributed by atoms with van der Waals surface area (Å²) in [4.78, 5) is 15.1. The van der Waals surface area contributed by atoms with Crippen LogP contribution in [0, 0.1) is 0 Å². The van der Waals surface area contributed by atoms with Gasteiger partial charge in [0.2, 0.25) is 5.88 Å². The molecule has 2 amide bonds. The summed E-state index contributed by atoms with van der Waals surface area (Å²) in [5.74, 6) is 0.323. The molecule has 0 spiro atoms. The smallest absolute Gasteiger partial charge is 0.326 e. The number of hydrogen-bond acceptors (Lipinski definition) is 3. The number of fused-ring (bicyclic) bond motifs is 1. The molecule has 0 saturated carbocycles. The molecule has 3 rings (SSSR count). The number of nitrogens with zero attached hydrogens (tertiary/aromatic N) is 1. The van der Waals surface area contributed by atoms with Gasteiger partial charge in [0.05, 0.1) is 5.69 Å². The van der Waals surface area contributed by atoms with Crippen molar-refractivity contribution < 1.29 is 9.32 Å². The van der Waals surface area contributed by atoms with Crippen LogP contribution in [0.2, 0.25) is 0 Å². The highest BCUT2D eigenvalue weighted by Crippen LogP contribution is 2.24. The van der Waals surface area contributed by atoms with Crippen LogP contribution in [0.1, 0.15) is 26.5 Å². The molecule has 0 aliphatic heterocycles. The normalized spacial score (nSPS) is 11.6. The number of nitrogens with one attached hydrogen (secondary N) is 3. The maximum Gasteiger partial charge on any atom is 0.326 e. The predicted molar refractivity (Wildman–Crippen MR) is 86.1 cm³/mol. The number of carbonyl (C=O) groups is 1. The van der Waals surface area contributed by atoms with Crippen LogP contribution < -0.4 is 10.6 Å². The number of benzene rings is 1. The first-order valence-corrected chi connectivity index (χ1v) is 7.04. The number of hydrogen-bond donors (Lipinski definition) is 3. The first-order chi connectivity index (χ1) is 10.4. The number of urea groups is 1. The summed E-state index contributed by atoms with van der Waals surface area (Å²) in [7, 11) is 0. The molecule has 3 aromatic rings.